The Morgan fingerprint density at radius 2 is 2.33 bits per heavy atom. The Balaban J connectivity index is 2.36. The predicted octanol–water partition coefficient (Wildman–Crippen LogP) is 2.03. The number of thiophene rings is 1. The van der Waals surface area contributed by atoms with Gasteiger partial charge in [-0.05, 0) is 34.5 Å². The quantitative estimate of drug-likeness (QED) is 0.920. The van der Waals surface area contributed by atoms with Crippen LogP contribution in [0.15, 0.2) is 16.0 Å². The fourth-order valence-corrected chi connectivity index (χ4v) is 2.88. The zero-order valence-corrected chi connectivity index (χ0v) is 10.7. The zero-order chi connectivity index (χ0) is 11.0. The molecule has 2 rings (SSSR count). The van der Waals surface area contributed by atoms with Crippen molar-refractivity contribution in [2.75, 3.05) is 0 Å². The maximum atomic E-state index is 10.1. The van der Waals surface area contributed by atoms with E-state index in [2.05, 4.69) is 26.2 Å². The summed E-state index contributed by atoms with van der Waals surface area (Å²) in [5.74, 6) is 0. The van der Waals surface area contributed by atoms with E-state index >= 15 is 0 Å². The van der Waals surface area contributed by atoms with Gasteiger partial charge in [-0.25, -0.2) is 4.68 Å². The lowest BCUT2D eigenvalue weighted by atomic mass is 10.2. The minimum absolute atomic E-state index is 0.653. The molecule has 2 heterocycles. The molecule has 1 atom stereocenters. The van der Waals surface area contributed by atoms with Crippen LogP contribution >= 0.6 is 27.3 Å². The van der Waals surface area contributed by atoms with Crippen molar-refractivity contribution in [2.45, 2.75) is 13.0 Å². The fourth-order valence-electron chi connectivity index (χ4n) is 1.31. The summed E-state index contributed by atoms with van der Waals surface area (Å²) in [6.45, 7) is 2.00. The number of aryl methyl sites for hydroxylation is 2. The van der Waals surface area contributed by atoms with Gasteiger partial charge in [0.25, 0.3) is 0 Å². The largest absolute Gasteiger partial charge is 0.381 e. The first-order chi connectivity index (χ1) is 7.09. The summed E-state index contributed by atoms with van der Waals surface area (Å²) < 4.78 is 2.62. The minimum Gasteiger partial charge on any atom is -0.381 e. The van der Waals surface area contributed by atoms with Crippen LogP contribution in [0.25, 0.3) is 0 Å². The van der Waals surface area contributed by atoms with Gasteiger partial charge in [-0.1, -0.05) is 5.21 Å². The van der Waals surface area contributed by atoms with Gasteiger partial charge in [-0.2, -0.15) is 0 Å². The molecule has 0 radical (unpaired) electrons. The first-order valence-corrected chi connectivity index (χ1v) is 5.99. The molecule has 0 fully saturated rings. The molecule has 4 nitrogen and oxygen atoms in total. The summed E-state index contributed by atoms with van der Waals surface area (Å²) in [4.78, 5) is 0.893. The maximum absolute atomic E-state index is 10.1. The molecule has 0 aliphatic carbocycles. The average molecular weight is 288 g/mol. The second-order valence-corrected chi connectivity index (χ2v) is 5.69. The molecule has 2 aromatic rings. The van der Waals surface area contributed by atoms with Crippen molar-refractivity contribution in [3.8, 4) is 0 Å². The molecule has 0 amide bonds. The molecule has 0 saturated carbocycles. The van der Waals surface area contributed by atoms with Crippen LogP contribution in [0.3, 0.4) is 0 Å². The smallest absolute Gasteiger partial charge is 0.131 e. The average Bonchev–Trinajstić information content (AvgIpc) is 2.74. The fraction of sp³-hybridized carbons (Fsp3) is 0.333. The van der Waals surface area contributed by atoms with E-state index in [1.54, 1.807) is 17.9 Å². The van der Waals surface area contributed by atoms with Crippen molar-refractivity contribution in [3.63, 3.8) is 0 Å². The van der Waals surface area contributed by atoms with Gasteiger partial charge >= 0.3 is 0 Å². The Morgan fingerprint density at radius 3 is 2.80 bits per heavy atom. The summed E-state index contributed by atoms with van der Waals surface area (Å²) in [5.41, 5.74) is 1.83. The van der Waals surface area contributed by atoms with Crippen LogP contribution in [0.1, 0.15) is 22.2 Å². The van der Waals surface area contributed by atoms with Gasteiger partial charge in [0, 0.05) is 11.9 Å². The molecule has 2 aromatic heterocycles. The standard InChI is InChI=1S/C9H10BrN3OS/c1-5-3-7(15-9(5)10)8(14)6-4-11-12-13(6)2/h3-4,8,14H,1-2H3. The van der Waals surface area contributed by atoms with Crippen molar-refractivity contribution >= 4 is 27.3 Å². The van der Waals surface area contributed by atoms with Gasteiger partial charge < -0.3 is 5.11 Å². The number of rotatable bonds is 2. The normalized spacial score (nSPS) is 13.1. The summed E-state index contributed by atoms with van der Waals surface area (Å²) in [6.07, 6.45) is 0.924. The van der Waals surface area contributed by atoms with Crippen LogP contribution in [-0.2, 0) is 7.05 Å². The van der Waals surface area contributed by atoms with Crippen LogP contribution in [-0.4, -0.2) is 20.1 Å². The highest BCUT2D eigenvalue weighted by molar-refractivity contribution is 9.11. The summed E-state index contributed by atoms with van der Waals surface area (Å²) in [6, 6.07) is 1.96. The molecular formula is C9H10BrN3OS. The molecule has 0 aromatic carbocycles. The predicted molar refractivity (Wildman–Crippen MR) is 61.8 cm³/mol. The molecule has 6 heteroatoms. The Kier molecular flexibility index (Phi) is 2.90. The number of aromatic nitrogens is 3. The molecule has 0 aliphatic rings. The third-order valence-corrected chi connectivity index (χ3v) is 4.36. The van der Waals surface area contributed by atoms with E-state index in [-0.39, 0.29) is 0 Å². The number of hydrogen-bond donors (Lipinski definition) is 1. The van der Waals surface area contributed by atoms with Gasteiger partial charge in [0.2, 0.25) is 0 Å². The Morgan fingerprint density at radius 1 is 1.60 bits per heavy atom. The maximum Gasteiger partial charge on any atom is 0.131 e. The second kappa shape index (κ2) is 4.03. The Labute approximate surface area is 99.7 Å². The molecule has 0 spiro atoms. The molecule has 0 saturated heterocycles. The summed E-state index contributed by atoms with van der Waals surface area (Å²) in [5, 5.41) is 17.6. The molecule has 80 valence electrons. The van der Waals surface area contributed by atoms with Gasteiger partial charge in [0.15, 0.2) is 0 Å². The number of nitrogens with zero attached hydrogens (tertiary/aromatic N) is 3. The van der Waals surface area contributed by atoms with E-state index in [0.29, 0.717) is 5.69 Å². The third kappa shape index (κ3) is 1.97. The van der Waals surface area contributed by atoms with Crippen LogP contribution < -0.4 is 0 Å². The second-order valence-electron chi connectivity index (χ2n) is 3.29. The van der Waals surface area contributed by atoms with Gasteiger partial charge in [-0.15, -0.1) is 16.4 Å². The summed E-state index contributed by atoms with van der Waals surface area (Å²) in [7, 11) is 1.76. The first kappa shape index (κ1) is 10.8. The van der Waals surface area contributed by atoms with Crippen LogP contribution in [0, 0.1) is 6.92 Å². The van der Waals surface area contributed by atoms with E-state index in [0.717, 1.165) is 14.2 Å². The van der Waals surface area contributed by atoms with Gasteiger partial charge in [-0.3, -0.25) is 0 Å². The van der Waals surface area contributed by atoms with Crippen LogP contribution in [0.2, 0.25) is 0 Å². The van der Waals surface area contributed by atoms with Crippen molar-refractivity contribution in [2.24, 2.45) is 7.05 Å². The highest BCUT2D eigenvalue weighted by atomic mass is 79.9. The third-order valence-electron chi connectivity index (χ3n) is 2.18. The van der Waals surface area contributed by atoms with Crippen molar-refractivity contribution < 1.29 is 5.11 Å². The number of aliphatic hydroxyl groups excluding tert-OH is 1. The lowest BCUT2D eigenvalue weighted by Gasteiger charge is -2.06. The lowest BCUT2D eigenvalue weighted by Crippen LogP contribution is -2.04. The van der Waals surface area contributed by atoms with Gasteiger partial charge in [0.05, 0.1) is 15.7 Å². The Hall–Kier alpha value is -0.720. The Bertz CT molecular complexity index is 460. The molecule has 1 unspecified atom stereocenters. The number of aliphatic hydroxyl groups is 1. The van der Waals surface area contributed by atoms with E-state index in [1.165, 1.54) is 11.3 Å². The molecular weight excluding hydrogens is 278 g/mol. The lowest BCUT2D eigenvalue weighted by molar-refractivity contribution is 0.213. The van der Waals surface area contributed by atoms with E-state index in [1.807, 2.05) is 13.0 Å². The van der Waals surface area contributed by atoms with Crippen LogP contribution in [0.4, 0.5) is 0 Å². The SMILES string of the molecule is Cc1cc(C(O)c2cnnn2C)sc1Br. The molecule has 15 heavy (non-hydrogen) atoms. The number of halogens is 1. The van der Waals surface area contributed by atoms with Gasteiger partial charge in [0.1, 0.15) is 6.10 Å². The molecule has 1 N–H and O–H groups in total. The van der Waals surface area contributed by atoms with Crippen LogP contribution in [0.5, 0.6) is 0 Å². The molecule has 0 bridgehead atoms. The monoisotopic (exact) mass is 287 g/mol. The van der Waals surface area contributed by atoms with Crippen molar-refractivity contribution in [1.82, 2.24) is 15.0 Å². The van der Waals surface area contributed by atoms with Crippen molar-refractivity contribution in [3.05, 3.63) is 32.2 Å². The number of hydrogen-bond acceptors (Lipinski definition) is 4. The minimum atomic E-state index is -0.653. The topological polar surface area (TPSA) is 50.9 Å². The van der Waals surface area contributed by atoms with E-state index < -0.39 is 6.10 Å². The zero-order valence-electron chi connectivity index (χ0n) is 8.31. The summed E-state index contributed by atoms with van der Waals surface area (Å²) >= 11 is 4.96. The van der Waals surface area contributed by atoms with Crippen molar-refractivity contribution in [1.29, 1.82) is 0 Å². The highest BCUT2D eigenvalue weighted by Crippen LogP contribution is 2.33. The molecule has 0 aliphatic heterocycles. The first-order valence-electron chi connectivity index (χ1n) is 4.38. The highest BCUT2D eigenvalue weighted by Gasteiger charge is 2.17. The van der Waals surface area contributed by atoms with E-state index in [9.17, 15) is 5.11 Å². The van der Waals surface area contributed by atoms with E-state index in [4.69, 9.17) is 0 Å².